The largest absolute Gasteiger partial charge is 0.394 e. The van der Waals surface area contributed by atoms with Crippen molar-refractivity contribution in [3.05, 3.63) is 47.5 Å². The molecule has 0 amide bonds. The number of aldehydes is 1. The highest BCUT2D eigenvalue weighted by Crippen LogP contribution is 2.45. The van der Waals surface area contributed by atoms with E-state index in [-0.39, 0.29) is 18.8 Å². The monoisotopic (exact) mass is 679 g/mol. The molecule has 0 saturated carbocycles. The molecule has 0 aliphatic carbocycles. The first kappa shape index (κ1) is 31.8. The van der Waals surface area contributed by atoms with Crippen LogP contribution in [0.2, 0.25) is 10.3 Å². The highest BCUT2D eigenvalue weighted by Gasteiger charge is 2.57. The van der Waals surface area contributed by atoms with Crippen molar-refractivity contribution in [1.82, 2.24) is 29.1 Å². The van der Waals surface area contributed by atoms with Crippen molar-refractivity contribution < 1.29 is 39.7 Å². The third-order valence-electron chi connectivity index (χ3n) is 7.97. The van der Waals surface area contributed by atoms with Gasteiger partial charge in [0.2, 0.25) is 0 Å². The zero-order chi connectivity index (χ0) is 33.7. The number of aliphatic hydroxyl groups is 1. The summed E-state index contributed by atoms with van der Waals surface area (Å²) in [6.45, 7) is 9.49. The van der Waals surface area contributed by atoms with Crippen LogP contribution in [-0.4, -0.2) is 95.3 Å². The third-order valence-corrected chi connectivity index (χ3v) is 8.58. The van der Waals surface area contributed by atoms with Crippen LogP contribution < -0.4 is 0 Å². The van der Waals surface area contributed by atoms with Gasteiger partial charge in [-0.15, -0.1) is 0 Å². The molecule has 4 aromatic heterocycles. The molecule has 14 nitrogen and oxygen atoms in total. The van der Waals surface area contributed by atoms with Gasteiger partial charge in [0.25, 0.3) is 0 Å². The number of ether oxygens (including phenoxy) is 6. The van der Waals surface area contributed by atoms with Crippen molar-refractivity contribution in [2.24, 2.45) is 0 Å². The minimum absolute atomic E-state index is 0.133. The first-order valence-electron chi connectivity index (χ1n) is 15.4. The van der Waals surface area contributed by atoms with Crippen molar-refractivity contribution >= 4 is 51.6 Å². The lowest BCUT2D eigenvalue weighted by molar-refractivity contribution is -0.199. The van der Waals surface area contributed by atoms with Crippen molar-refractivity contribution in [2.75, 3.05) is 6.61 Å². The van der Waals surface area contributed by atoms with Gasteiger partial charge in [0, 0.05) is 13.8 Å². The van der Waals surface area contributed by atoms with E-state index in [9.17, 15) is 9.90 Å². The normalized spacial score (nSPS) is 32.3. The lowest BCUT2D eigenvalue weighted by atomic mass is 10.1. The van der Waals surface area contributed by atoms with Crippen molar-refractivity contribution in [2.45, 2.75) is 102 Å². The summed E-state index contributed by atoms with van der Waals surface area (Å²) in [6.07, 6.45) is 3.65. The summed E-state index contributed by atoms with van der Waals surface area (Å²) in [6, 6.07) is 3.65. The molecule has 46 heavy (non-hydrogen) atoms. The van der Waals surface area contributed by atoms with Crippen molar-refractivity contribution in [3.63, 3.8) is 0 Å². The predicted octanol–water partition coefficient (Wildman–Crippen LogP) is 4.22. The molecule has 0 bridgehead atoms. The molecule has 8 heterocycles. The number of hydrogen-bond donors (Lipinski definition) is 1. The summed E-state index contributed by atoms with van der Waals surface area (Å²) in [5.41, 5.74) is 1.29. The Labute approximate surface area is 276 Å². The van der Waals surface area contributed by atoms with Gasteiger partial charge >= 0.3 is 0 Å². The predicted molar refractivity (Wildman–Crippen MR) is 165 cm³/mol. The summed E-state index contributed by atoms with van der Waals surface area (Å²) in [7, 11) is 0. The van der Waals surface area contributed by atoms with Crippen LogP contribution in [0.15, 0.2) is 37.2 Å². The summed E-state index contributed by atoms with van der Waals surface area (Å²) in [5, 5.41) is 11.8. The molecule has 248 valence electrons. The average molecular weight is 681 g/mol. The van der Waals surface area contributed by atoms with E-state index in [0.717, 1.165) is 17.1 Å². The highest BCUT2D eigenvalue weighted by atomic mass is 35.5. The van der Waals surface area contributed by atoms with Gasteiger partial charge in [-0.1, -0.05) is 37.0 Å². The van der Waals surface area contributed by atoms with Crippen LogP contribution in [0, 0.1) is 0 Å². The number of carbonyl (C=O) groups is 1. The fourth-order valence-corrected chi connectivity index (χ4v) is 6.64. The number of halogens is 2. The number of fused-ring (bicyclic) bond motifs is 4. The summed E-state index contributed by atoms with van der Waals surface area (Å²) < 4.78 is 45.1. The Hall–Kier alpha value is -2.79. The van der Waals surface area contributed by atoms with Gasteiger partial charge in [0.05, 0.1) is 17.4 Å². The van der Waals surface area contributed by atoms with Gasteiger partial charge < -0.3 is 47.5 Å². The van der Waals surface area contributed by atoms with Crippen molar-refractivity contribution in [1.29, 1.82) is 0 Å². The third kappa shape index (κ3) is 5.80. The number of carbonyl (C=O) groups excluding carboxylic acids is 1. The molecule has 4 aromatic rings. The van der Waals surface area contributed by atoms with Crippen LogP contribution in [0.5, 0.6) is 0 Å². The Kier molecular flexibility index (Phi) is 8.76. The Bertz CT molecular complexity index is 1740. The molecule has 1 N–H and O–H groups in total. The second-order valence-corrected chi connectivity index (χ2v) is 12.5. The Balaban J connectivity index is 0.000000152. The van der Waals surface area contributed by atoms with Gasteiger partial charge in [-0.3, -0.25) is 0 Å². The van der Waals surface area contributed by atoms with Crippen LogP contribution >= 0.6 is 23.2 Å². The standard InChI is InChI=1S/C14H16ClN3O4.C14H14ClN3O4.C2H6/c2*1-14(2)21-9-8(5-19)20-13(10(9)22-14)18-4-3-7-11(15)16-6-17-12(7)18;1-2/h3-4,6,8-10,13,19H,5H2,1-2H3;3-6,8-10,13H,1-2H3;1-2H3/t2*8-,9-,10-,13-;/m11./s1/i;;1D. The molecule has 8 atom stereocenters. The van der Waals surface area contributed by atoms with E-state index in [1.807, 2.05) is 50.6 Å². The van der Waals surface area contributed by atoms with Crippen LogP contribution in [0.25, 0.3) is 22.1 Å². The van der Waals surface area contributed by atoms with E-state index in [1.165, 1.54) is 12.7 Å². The molecule has 4 fully saturated rings. The molecule has 4 saturated heterocycles. The second kappa shape index (κ2) is 12.7. The lowest BCUT2D eigenvalue weighted by Gasteiger charge is -2.24. The summed E-state index contributed by atoms with van der Waals surface area (Å²) in [5.74, 6) is -1.46. The maximum absolute atomic E-state index is 11.3. The number of nitrogens with zero attached hydrogens (tertiary/aromatic N) is 6. The molecule has 0 aromatic carbocycles. The molecule has 8 rings (SSSR count). The summed E-state index contributed by atoms with van der Waals surface area (Å²) >= 11 is 12.2. The van der Waals surface area contributed by atoms with E-state index in [0.29, 0.717) is 28.5 Å². The fourth-order valence-electron chi connectivity index (χ4n) is 6.26. The Morgan fingerprint density at radius 2 is 1.28 bits per heavy atom. The van der Waals surface area contributed by atoms with Crippen LogP contribution in [0.1, 0.15) is 55.3 Å². The lowest BCUT2D eigenvalue weighted by Crippen LogP contribution is -2.31. The number of aromatic nitrogens is 6. The topological polar surface area (TPSA) is 154 Å². The molecule has 0 spiro atoms. The van der Waals surface area contributed by atoms with Gasteiger partial charge in [-0.2, -0.15) is 0 Å². The second-order valence-electron chi connectivity index (χ2n) is 11.8. The maximum atomic E-state index is 11.3. The molecule has 4 aliphatic heterocycles. The van der Waals surface area contributed by atoms with E-state index >= 15 is 0 Å². The smallest absolute Gasteiger partial charge is 0.165 e. The number of rotatable bonds is 4. The maximum Gasteiger partial charge on any atom is 0.165 e. The Morgan fingerprint density at radius 3 is 1.78 bits per heavy atom. The first-order valence-corrected chi connectivity index (χ1v) is 15.5. The van der Waals surface area contributed by atoms with Gasteiger partial charge in [-0.05, 0) is 39.8 Å². The van der Waals surface area contributed by atoms with Crippen LogP contribution in [0.4, 0.5) is 0 Å². The van der Waals surface area contributed by atoms with E-state index < -0.39 is 48.4 Å². The summed E-state index contributed by atoms with van der Waals surface area (Å²) in [4.78, 5) is 27.7. The molecule has 0 unspecified atom stereocenters. The fraction of sp³-hybridized carbons (Fsp3) is 0.567. The van der Waals surface area contributed by atoms with Crippen LogP contribution in [0.3, 0.4) is 0 Å². The molecular formula is C30H36Cl2N6O8. The minimum atomic E-state index is -0.756. The van der Waals surface area contributed by atoms with Gasteiger partial charge in [0.15, 0.2) is 30.3 Å². The quantitative estimate of drug-likeness (QED) is 0.243. The molecule has 16 heteroatoms. The average Bonchev–Trinajstić information content (AvgIpc) is 3.85. The van der Waals surface area contributed by atoms with Crippen molar-refractivity contribution in [3.8, 4) is 0 Å². The highest BCUT2D eigenvalue weighted by molar-refractivity contribution is 6.34. The SMILES string of the molecule is CC1(C)O[C@@H]2[C@H](O1)[C@@H](C=O)O[C@H]2n1ccc2c(Cl)ncnc21.CC1(C)O[C@@H]2[C@H](O1)[C@@H](CO)O[C@H]2n1ccc2c(Cl)ncnc21.[2H]CC. The van der Waals surface area contributed by atoms with Gasteiger partial charge in [-0.25, -0.2) is 19.9 Å². The Morgan fingerprint density at radius 1 is 0.826 bits per heavy atom. The van der Waals surface area contributed by atoms with Crippen LogP contribution in [-0.2, 0) is 33.2 Å². The zero-order valence-electron chi connectivity index (χ0n) is 26.8. The molecule has 4 aliphatic rings. The molecular weight excluding hydrogens is 643 g/mol. The van der Waals surface area contributed by atoms with E-state index in [2.05, 4.69) is 19.9 Å². The minimum Gasteiger partial charge on any atom is -0.394 e. The van der Waals surface area contributed by atoms with Gasteiger partial charge in [0.1, 0.15) is 70.9 Å². The zero-order valence-corrected chi connectivity index (χ0v) is 27.3. The van der Waals surface area contributed by atoms with E-state index in [1.54, 1.807) is 17.7 Å². The van der Waals surface area contributed by atoms with E-state index in [4.69, 9.17) is 53.0 Å². The number of hydrogen-bond acceptors (Lipinski definition) is 12. The first-order chi connectivity index (χ1) is 22.4. The number of aliphatic hydroxyl groups excluding tert-OH is 1. The molecule has 0 radical (unpaired) electrons.